The van der Waals surface area contributed by atoms with Crippen LogP contribution in [0, 0.1) is 5.41 Å². The summed E-state index contributed by atoms with van der Waals surface area (Å²) in [7, 11) is -4.44. The Hall–Kier alpha value is -0.210. The summed E-state index contributed by atoms with van der Waals surface area (Å²) in [5.41, 5.74) is 4.45. The summed E-state index contributed by atoms with van der Waals surface area (Å²) >= 11 is 0. The van der Waals surface area contributed by atoms with E-state index in [1.807, 2.05) is 0 Å². The molecule has 0 aliphatic carbocycles. The van der Waals surface area contributed by atoms with E-state index in [0.717, 1.165) is 0 Å². The number of hydrogen-bond acceptors (Lipinski definition) is 5. The van der Waals surface area contributed by atoms with Crippen LogP contribution in [-0.4, -0.2) is 41.3 Å². The minimum atomic E-state index is -4.44. The minimum absolute atomic E-state index is 0.00947. The smallest absolute Gasteiger partial charge is 0.283 e. The lowest BCUT2D eigenvalue weighted by Gasteiger charge is -2.26. The fourth-order valence-corrected chi connectivity index (χ4v) is 1.44. The maximum absolute atomic E-state index is 10.6. The maximum Gasteiger partial charge on any atom is 0.283 e. The normalized spacial score (nSPS) is 17.9. The number of hydrogen-bond donors (Lipinski definition) is 4. The van der Waals surface area contributed by atoms with Gasteiger partial charge < -0.3 is 15.9 Å². The summed E-state index contributed by atoms with van der Waals surface area (Å²) in [6, 6.07) is 0. The standard InChI is InChI=1S/C7H17NO5S/c1-7(2,4-9)3-5(10)6(8)14(11,12)13/h5-6,9-10H,3-4,8H2,1-2H3,(H,11,12,13). The van der Waals surface area contributed by atoms with Gasteiger partial charge in [-0.2, -0.15) is 8.42 Å². The van der Waals surface area contributed by atoms with E-state index in [9.17, 15) is 13.5 Å². The van der Waals surface area contributed by atoms with Crippen molar-refractivity contribution in [2.45, 2.75) is 31.7 Å². The maximum atomic E-state index is 10.6. The van der Waals surface area contributed by atoms with Crippen LogP contribution < -0.4 is 5.73 Å². The molecule has 2 unspecified atom stereocenters. The molecule has 0 aliphatic heterocycles. The summed E-state index contributed by atoms with van der Waals surface area (Å²) in [6.45, 7) is 3.09. The molecular formula is C7H17NO5S. The monoisotopic (exact) mass is 227 g/mol. The third-order valence-corrected chi connectivity index (χ3v) is 2.91. The summed E-state index contributed by atoms with van der Waals surface area (Å²) in [5, 5.41) is 16.5. The molecule has 0 bridgehead atoms. The molecule has 0 fully saturated rings. The van der Waals surface area contributed by atoms with E-state index < -0.39 is 27.0 Å². The molecule has 0 radical (unpaired) electrons. The van der Waals surface area contributed by atoms with Crippen molar-refractivity contribution in [3.05, 3.63) is 0 Å². The third kappa shape index (κ3) is 4.34. The molecule has 86 valence electrons. The predicted molar refractivity (Wildman–Crippen MR) is 51.0 cm³/mol. The average Bonchev–Trinajstić information content (AvgIpc) is 2.00. The van der Waals surface area contributed by atoms with Crippen molar-refractivity contribution in [2.75, 3.05) is 6.61 Å². The van der Waals surface area contributed by atoms with E-state index in [0.29, 0.717) is 0 Å². The van der Waals surface area contributed by atoms with Crippen molar-refractivity contribution in [1.82, 2.24) is 0 Å². The highest BCUT2D eigenvalue weighted by Gasteiger charge is 2.31. The zero-order valence-electron chi connectivity index (χ0n) is 8.21. The molecule has 5 N–H and O–H groups in total. The number of rotatable bonds is 5. The van der Waals surface area contributed by atoms with Crippen LogP contribution >= 0.6 is 0 Å². The van der Waals surface area contributed by atoms with Gasteiger partial charge in [0.2, 0.25) is 0 Å². The lowest BCUT2D eigenvalue weighted by Crippen LogP contribution is -2.44. The van der Waals surface area contributed by atoms with Gasteiger partial charge in [0.1, 0.15) is 0 Å². The molecule has 0 aromatic heterocycles. The van der Waals surface area contributed by atoms with Gasteiger partial charge in [0.05, 0.1) is 6.10 Å². The van der Waals surface area contributed by atoms with Crippen molar-refractivity contribution in [3.63, 3.8) is 0 Å². The molecule has 0 heterocycles. The largest absolute Gasteiger partial charge is 0.396 e. The lowest BCUT2D eigenvalue weighted by atomic mass is 9.88. The second-order valence-electron chi connectivity index (χ2n) is 4.07. The van der Waals surface area contributed by atoms with Gasteiger partial charge in [-0.05, 0) is 11.8 Å². The van der Waals surface area contributed by atoms with Crippen LogP contribution in [0.3, 0.4) is 0 Å². The SMILES string of the molecule is CC(C)(CO)CC(O)C(N)S(=O)(=O)O. The van der Waals surface area contributed by atoms with Crippen LogP contribution in [0.25, 0.3) is 0 Å². The zero-order chi connectivity index (χ0) is 11.6. The highest BCUT2D eigenvalue weighted by atomic mass is 32.2. The Bertz CT molecular complexity index is 274. The molecule has 0 amide bonds. The van der Waals surface area contributed by atoms with Crippen molar-refractivity contribution >= 4 is 10.1 Å². The first kappa shape index (κ1) is 13.8. The molecule has 0 saturated heterocycles. The quantitative estimate of drug-likeness (QED) is 0.444. The molecule has 0 aliphatic rings. The Morgan fingerprint density at radius 1 is 1.43 bits per heavy atom. The van der Waals surface area contributed by atoms with E-state index in [4.69, 9.17) is 15.4 Å². The molecule has 14 heavy (non-hydrogen) atoms. The van der Waals surface area contributed by atoms with E-state index in [-0.39, 0.29) is 13.0 Å². The van der Waals surface area contributed by atoms with Crippen LogP contribution in [-0.2, 0) is 10.1 Å². The molecule has 0 rings (SSSR count). The Balaban J connectivity index is 4.44. The van der Waals surface area contributed by atoms with Gasteiger partial charge in [-0.25, -0.2) is 0 Å². The van der Waals surface area contributed by atoms with E-state index in [1.54, 1.807) is 13.8 Å². The molecule has 0 aromatic carbocycles. The fourth-order valence-electron chi connectivity index (χ4n) is 0.945. The topological polar surface area (TPSA) is 121 Å². The first-order valence-electron chi connectivity index (χ1n) is 4.11. The molecule has 0 spiro atoms. The second-order valence-corrected chi connectivity index (χ2v) is 5.65. The van der Waals surface area contributed by atoms with Gasteiger partial charge in [0.25, 0.3) is 10.1 Å². The lowest BCUT2D eigenvalue weighted by molar-refractivity contribution is 0.0695. The fraction of sp³-hybridized carbons (Fsp3) is 1.00. The molecule has 6 nitrogen and oxygen atoms in total. The van der Waals surface area contributed by atoms with Gasteiger partial charge in [-0.15, -0.1) is 0 Å². The van der Waals surface area contributed by atoms with Crippen LogP contribution in [0.2, 0.25) is 0 Å². The molecular weight excluding hydrogens is 210 g/mol. The second kappa shape index (κ2) is 4.54. The van der Waals surface area contributed by atoms with Gasteiger partial charge in [-0.1, -0.05) is 13.8 Å². The first-order valence-corrected chi connectivity index (χ1v) is 5.61. The average molecular weight is 227 g/mol. The number of aliphatic hydroxyl groups is 2. The van der Waals surface area contributed by atoms with Crippen molar-refractivity contribution in [2.24, 2.45) is 11.1 Å². The minimum Gasteiger partial charge on any atom is -0.396 e. The Labute approximate surface area is 83.5 Å². The van der Waals surface area contributed by atoms with Crippen LogP contribution in [0.5, 0.6) is 0 Å². The van der Waals surface area contributed by atoms with Crippen LogP contribution in [0.1, 0.15) is 20.3 Å². The highest BCUT2D eigenvalue weighted by molar-refractivity contribution is 7.86. The summed E-state index contributed by atoms with van der Waals surface area (Å²) in [5.74, 6) is 0. The van der Waals surface area contributed by atoms with Crippen LogP contribution in [0.15, 0.2) is 0 Å². The van der Waals surface area contributed by atoms with Gasteiger partial charge in [0.15, 0.2) is 5.37 Å². The van der Waals surface area contributed by atoms with Gasteiger partial charge in [0, 0.05) is 6.61 Å². The van der Waals surface area contributed by atoms with Crippen molar-refractivity contribution in [1.29, 1.82) is 0 Å². The van der Waals surface area contributed by atoms with Gasteiger partial charge in [-0.3, -0.25) is 4.55 Å². The molecule has 0 saturated carbocycles. The van der Waals surface area contributed by atoms with Crippen LogP contribution in [0.4, 0.5) is 0 Å². The summed E-state index contributed by atoms with van der Waals surface area (Å²) < 4.78 is 29.7. The third-order valence-electron chi connectivity index (χ3n) is 1.91. The number of aliphatic hydroxyl groups excluding tert-OH is 2. The molecule has 0 aromatic rings. The molecule has 2 atom stereocenters. The van der Waals surface area contributed by atoms with Gasteiger partial charge >= 0.3 is 0 Å². The highest BCUT2D eigenvalue weighted by Crippen LogP contribution is 2.22. The predicted octanol–water partition coefficient (Wildman–Crippen LogP) is -1.07. The van der Waals surface area contributed by atoms with Crippen molar-refractivity contribution in [3.8, 4) is 0 Å². The Morgan fingerprint density at radius 3 is 2.14 bits per heavy atom. The summed E-state index contributed by atoms with van der Waals surface area (Å²) in [6.07, 6.45) is -1.41. The van der Waals surface area contributed by atoms with E-state index >= 15 is 0 Å². The van der Waals surface area contributed by atoms with E-state index in [2.05, 4.69) is 0 Å². The van der Waals surface area contributed by atoms with E-state index in [1.165, 1.54) is 0 Å². The zero-order valence-corrected chi connectivity index (χ0v) is 9.03. The Kier molecular flexibility index (Phi) is 4.47. The van der Waals surface area contributed by atoms with Crippen molar-refractivity contribution < 1.29 is 23.2 Å². The summed E-state index contributed by atoms with van der Waals surface area (Å²) in [4.78, 5) is 0. The number of nitrogens with two attached hydrogens (primary N) is 1. The molecule has 7 heteroatoms. The Morgan fingerprint density at radius 2 is 1.86 bits per heavy atom. The first-order chi connectivity index (χ1) is 6.10.